The van der Waals surface area contributed by atoms with Gasteiger partial charge in [0.25, 0.3) is 0 Å². The topological polar surface area (TPSA) is 307 Å². The molecule has 492 valence electrons. The third kappa shape index (κ3) is 30.5. The van der Waals surface area contributed by atoms with E-state index in [1.54, 1.807) is 6.08 Å². The number of ether oxygens (including phenoxy) is 6. The lowest BCUT2D eigenvalue weighted by Gasteiger charge is -2.48. The van der Waals surface area contributed by atoms with Crippen molar-refractivity contribution in [1.29, 1.82) is 0 Å². The number of allylic oxidation sites excluding steroid dienone is 5. The van der Waals surface area contributed by atoms with Crippen molar-refractivity contribution >= 4 is 5.91 Å². The van der Waals surface area contributed by atoms with E-state index in [-0.39, 0.29) is 18.9 Å². The molecule has 19 nitrogen and oxygen atoms in total. The van der Waals surface area contributed by atoms with Gasteiger partial charge >= 0.3 is 0 Å². The van der Waals surface area contributed by atoms with Gasteiger partial charge in [-0.1, -0.05) is 217 Å². The lowest BCUT2D eigenvalue weighted by Crippen LogP contribution is -2.66. The molecule has 17 unspecified atom stereocenters. The van der Waals surface area contributed by atoms with Gasteiger partial charge in [0.1, 0.15) is 73.2 Å². The van der Waals surface area contributed by atoms with E-state index in [0.717, 1.165) is 83.5 Å². The molecule has 19 heteroatoms. The van der Waals surface area contributed by atoms with Gasteiger partial charge in [0.15, 0.2) is 18.9 Å². The number of unbranched alkanes of at least 4 members (excludes halogenated alkanes) is 30. The van der Waals surface area contributed by atoms with Crippen LogP contribution in [0.15, 0.2) is 36.5 Å². The van der Waals surface area contributed by atoms with E-state index in [4.69, 9.17) is 28.4 Å². The quantitative estimate of drug-likeness (QED) is 0.0205. The van der Waals surface area contributed by atoms with Crippen LogP contribution in [-0.4, -0.2) is 193 Å². The standard InChI is InChI=1S/C65H119NO18/c1-3-5-7-9-11-13-15-17-19-21-23-24-25-26-28-30-32-34-36-38-40-42-49(70)48(66-53(71)43-41-39-37-35-33-31-29-27-22-20-18-16-14-12-10-8-6-4-2)47-79-63-59(77)56(74)61(51(45-68)81-63)84-65-60(78)57(75)62(52(46-69)82-65)83-64-58(76)55(73)54(72)50(44-67)80-64/h14,16,20,22,40,42,48-52,54-65,67-70,72-78H,3-13,15,17-19,21,23-39,41,43-47H2,1-2H3,(H,66,71)/b16-14-,22-20-,42-40+. The van der Waals surface area contributed by atoms with E-state index in [9.17, 15) is 61.0 Å². The number of hydrogen-bond donors (Lipinski definition) is 12. The molecule has 3 aliphatic rings. The molecule has 3 rings (SSSR count). The Balaban J connectivity index is 1.47. The second-order valence-electron chi connectivity index (χ2n) is 23.9. The van der Waals surface area contributed by atoms with E-state index in [2.05, 4.69) is 43.5 Å². The van der Waals surface area contributed by atoms with Gasteiger partial charge in [-0.3, -0.25) is 4.79 Å². The SMILES string of the molecule is CCCCCC/C=C\C/C=C\CCCCCCCCCC(=O)NC(COC1OC(CO)C(OC2OC(CO)C(OC3OC(CO)C(O)C(O)C3O)C(O)C2O)C(O)C1O)C(O)/C=C/CCCCCCCCCCCCCCCCCCCCC. The molecule has 17 atom stereocenters. The molecule has 3 fully saturated rings. The summed E-state index contributed by atoms with van der Waals surface area (Å²) in [5.41, 5.74) is 0. The molecule has 0 aliphatic carbocycles. The summed E-state index contributed by atoms with van der Waals surface area (Å²) in [7, 11) is 0. The molecule has 0 aromatic heterocycles. The van der Waals surface area contributed by atoms with Crippen molar-refractivity contribution in [2.24, 2.45) is 0 Å². The number of rotatable bonds is 50. The van der Waals surface area contributed by atoms with Gasteiger partial charge in [-0.05, 0) is 51.4 Å². The van der Waals surface area contributed by atoms with Crippen molar-refractivity contribution in [2.45, 2.75) is 343 Å². The average Bonchev–Trinajstić information content (AvgIpc) is 2.97. The van der Waals surface area contributed by atoms with Gasteiger partial charge in [-0.2, -0.15) is 0 Å². The molecule has 3 saturated heterocycles. The fraction of sp³-hybridized carbons (Fsp3) is 0.892. The summed E-state index contributed by atoms with van der Waals surface area (Å²) in [6, 6.07) is -0.977. The molecule has 3 heterocycles. The summed E-state index contributed by atoms with van der Waals surface area (Å²) in [5, 5.41) is 120. The van der Waals surface area contributed by atoms with E-state index in [0.29, 0.717) is 6.42 Å². The molecular formula is C65H119NO18. The molecule has 12 N–H and O–H groups in total. The molecule has 0 spiro atoms. The Morgan fingerprint density at radius 2 is 0.786 bits per heavy atom. The first-order chi connectivity index (χ1) is 40.8. The van der Waals surface area contributed by atoms with Gasteiger partial charge in [-0.15, -0.1) is 0 Å². The fourth-order valence-corrected chi connectivity index (χ4v) is 11.2. The van der Waals surface area contributed by atoms with E-state index >= 15 is 0 Å². The molecule has 0 aromatic carbocycles. The Labute approximate surface area is 504 Å². The van der Waals surface area contributed by atoms with Gasteiger partial charge in [0, 0.05) is 6.42 Å². The van der Waals surface area contributed by atoms with Crippen molar-refractivity contribution in [3.63, 3.8) is 0 Å². The van der Waals surface area contributed by atoms with Gasteiger partial charge in [0.2, 0.25) is 5.91 Å². The number of aliphatic hydroxyl groups excluding tert-OH is 11. The third-order valence-electron chi connectivity index (χ3n) is 16.7. The summed E-state index contributed by atoms with van der Waals surface area (Å²) in [5.74, 6) is -0.282. The van der Waals surface area contributed by atoms with Gasteiger partial charge in [0.05, 0.1) is 38.6 Å². The minimum absolute atomic E-state index is 0.235. The maximum atomic E-state index is 13.4. The van der Waals surface area contributed by atoms with Crippen LogP contribution in [0, 0.1) is 0 Å². The van der Waals surface area contributed by atoms with Crippen LogP contribution in [0.25, 0.3) is 0 Å². The van der Waals surface area contributed by atoms with Crippen molar-refractivity contribution < 1.29 is 89.4 Å². The normalized spacial score (nSPS) is 29.4. The molecule has 0 saturated carbocycles. The minimum Gasteiger partial charge on any atom is -0.394 e. The van der Waals surface area contributed by atoms with Crippen molar-refractivity contribution in [3.05, 3.63) is 36.5 Å². The highest BCUT2D eigenvalue weighted by atomic mass is 16.8. The van der Waals surface area contributed by atoms with E-state index in [1.165, 1.54) is 128 Å². The number of carbonyl (C=O) groups excluding carboxylic acids is 1. The summed E-state index contributed by atoms with van der Waals surface area (Å²) >= 11 is 0. The molecule has 84 heavy (non-hydrogen) atoms. The summed E-state index contributed by atoms with van der Waals surface area (Å²) in [6.45, 7) is 1.72. The van der Waals surface area contributed by atoms with Crippen LogP contribution in [-0.2, 0) is 33.2 Å². The van der Waals surface area contributed by atoms with Crippen molar-refractivity contribution in [2.75, 3.05) is 26.4 Å². The molecule has 0 radical (unpaired) electrons. The third-order valence-corrected chi connectivity index (χ3v) is 16.7. The van der Waals surface area contributed by atoms with Crippen LogP contribution in [0.4, 0.5) is 0 Å². The van der Waals surface area contributed by atoms with Gasteiger partial charge in [-0.25, -0.2) is 0 Å². The summed E-state index contributed by atoms with van der Waals surface area (Å²) in [4.78, 5) is 13.4. The predicted octanol–water partition coefficient (Wildman–Crippen LogP) is 7.66. The molecule has 3 aliphatic heterocycles. The van der Waals surface area contributed by atoms with E-state index < -0.39 is 124 Å². The van der Waals surface area contributed by atoms with Crippen molar-refractivity contribution in [3.8, 4) is 0 Å². The smallest absolute Gasteiger partial charge is 0.220 e. The highest BCUT2D eigenvalue weighted by Crippen LogP contribution is 2.33. The monoisotopic (exact) mass is 1200 g/mol. The molecule has 1 amide bonds. The number of aliphatic hydroxyl groups is 11. The first-order valence-electron chi connectivity index (χ1n) is 33.2. The average molecular weight is 1200 g/mol. The zero-order chi connectivity index (χ0) is 61.2. The first kappa shape index (κ1) is 76.3. The Hall–Kier alpha value is -1.99. The van der Waals surface area contributed by atoms with Crippen LogP contribution in [0.2, 0.25) is 0 Å². The largest absolute Gasteiger partial charge is 0.394 e. The Bertz CT molecular complexity index is 1670. The zero-order valence-electron chi connectivity index (χ0n) is 51.6. The highest BCUT2D eigenvalue weighted by molar-refractivity contribution is 5.76. The van der Waals surface area contributed by atoms with Crippen LogP contribution >= 0.6 is 0 Å². The van der Waals surface area contributed by atoms with E-state index in [1.807, 2.05) is 6.08 Å². The highest BCUT2D eigenvalue weighted by Gasteiger charge is 2.53. The molecular weight excluding hydrogens is 1080 g/mol. The fourth-order valence-electron chi connectivity index (χ4n) is 11.2. The number of amides is 1. The molecule has 0 bridgehead atoms. The minimum atomic E-state index is -1.98. The van der Waals surface area contributed by atoms with Crippen LogP contribution in [0.1, 0.15) is 239 Å². The summed E-state index contributed by atoms with van der Waals surface area (Å²) in [6.07, 6.45) is 26.8. The maximum Gasteiger partial charge on any atom is 0.220 e. The number of hydrogen-bond acceptors (Lipinski definition) is 18. The second-order valence-corrected chi connectivity index (χ2v) is 23.9. The Kier molecular flexibility index (Phi) is 43.5. The lowest BCUT2D eigenvalue weighted by atomic mass is 9.96. The maximum absolute atomic E-state index is 13.4. The zero-order valence-corrected chi connectivity index (χ0v) is 51.6. The van der Waals surface area contributed by atoms with Crippen molar-refractivity contribution in [1.82, 2.24) is 5.32 Å². The molecule has 0 aromatic rings. The van der Waals surface area contributed by atoms with Crippen LogP contribution in [0.3, 0.4) is 0 Å². The van der Waals surface area contributed by atoms with Gasteiger partial charge < -0.3 is 89.9 Å². The predicted molar refractivity (Wildman–Crippen MR) is 323 cm³/mol. The first-order valence-corrected chi connectivity index (χ1v) is 33.2. The van der Waals surface area contributed by atoms with Crippen LogP contribution in [0.5, 0.6) is 0 Å². The van der Waals surface area contributed by atoms with Crippen LogP contribution < -0.4 is 5.32 Å². The lowest BCUT2D eigenvalue weighted by molar-refractivity contribution is -0.379. The number of carbonyl (C=O) groups is 1. The second kappa shape index (κ2) is 47.9. The summed E-state index contributed by atoms with van der Waals surface area (Å²) < 4.78 is 34.3. The number of nitrogens with one attached hydrogen (secondary N) is 1. The Morgan fingerprint density at radius 3 is 1.23 bits per heavy atom. The Morgan fingerprint density at radius 1 is 0.429 bits per heavy atom.